The van der Waals surface area contributed by atoms with Gasteiger partial charge in [0.05, 0.1) is 0 Å². The van der Waals surface area contributed by atoms with Crippen LogP contribution in [-0.4, -0.2) is 39.3 Å². The first-order chi connectivity index (χ1) is 12.7. The van der Waals surface area contributed by atoms with Crippen LogP contribution in [0.15, 0.2) is 46.8 Å². The van der Waals surface area contributed by atoms with E-state index in [1.165, 1.54) is 10.4 Å². The van der Waals surface area contributed by atoms with Crippen molar-refractivity contribution in [1.82, 2.24) is 10.6 Å². The van der Waals surface area contributed by atoms with E-state index < -0.39 is 0 Å². The Morgan fingerprint density at radius 3 is 2.77 bits per heavy atom. The molecule has 0 atom stereocenters. The van der Waals surface area contributed by atoms with Crippen molar-refractivity contribution in [2.24, 2.45) is 4.99 Å². The van der Waals surface area contributed by atoms with Crippen LogP contribution in [0.2, 0.25) is 5.02 Å². The van der Waals surface area contributed by atoms with Gasteiger partial charge >= 0.3 is 0 Å². The molecule has 1 aromatic heterocycles. The first kappa shape index (κ1) is 19.2. The van der Waals surface area contributed by atoms with Gasteiger partial charge in [-0.15, -0.1) is 11.3 Å². The summed E-state index contributed by atoms with van der Waals surface area (Å²) in [6, 6.07) is 12.5. The maximum absolute atomic E-state index is 6.25. The highest BCUT2D eigenvalue weighted by molar-refractivity contribution is 7.09. The quantitative estimate of drug-likeness (QED) is 0.580. The minimum Gasteiger partial charge on any atom is -0.381 e. The van der Waals surface area contributed by atoms with E-state index in [0.29, 0.717) is 0 Å². The highest BCUT2D eigenvalue weighted by Crippen LogP contribution is 2.35. The summed E-state index contributed by atoms with van der Waals surface area (Å²) in [5.41, 5.74) is 1.30. The van der Waals surface area contributed by atoms with Crippen molar-refractivity contribution in [2.75, 3.05) is 33.4 Å². The van der Waals surface area contributed by atoms with Gasteiger partial charge in [0.2, 0.25) is 0 Å². The molecule has 0 unspecified atom stereocenters. The van der Waals surface area contributed by atoms with Gasteiger partial charge in [-0.25, -0.2) is 0 Å². The molecule has 1 aliphatic heterocycles. The van der Waals surface area contributed by atoms with Crippen LogP contribution in [-0.2, 0) is 16.6 Å². The summed E-state index contributed by atoms with van der Waals surface area (Å²) in [4.78, 5) is 5.76. The molecule has 1 saturated heterocycles. The molecule has 0 saturated carbocycles. The Kier molecular flexibility index (Phi) is 6.94. The van der Waals surface area contributed by atoms with Crippen LogP contribution in [0.1, 0.15) is 23.3 Å². The van der Waals surface area contributed by atoms with Gasteiger partial charge in [-0.1, -0.05) is 29.8 Å². The summed E-state index contributed by atoms with van der Waals surface area (Å²) in [6.07, 6.45) is 2.96. The number of ether oxygens (including phenoxy) is 1. The molecule has 6 heteroatoms. The van der Waals surface area contributed by atoms with Crippen LogP contribution >= 0.6 is 22.9 Å². The summed E-state index contributed by atoms with van der Waals surface area (Å²) in [5, 5.41) is 9.83. The summed E-state index contributed by atoms with van der Waals surface area (Å²) >= 11 is 8.04. The van der Waals surface area contributed by atoms with Gasteiger partial charge in [0.1, 0.15) is 0 Å². The van der Waals surface area contributed by atoms with Gasteiger partial charge in [0, 0.05) is 48.7 Å². The molecule has 1 fully saturated rings. The number of guanidine groups is 1. The van der Waals surface area contributed by atoms with Gasteiger partial charge < -0.3 is 15.4 Å². The van der Waals surface area contributed by atoms with Crippen molar-refractivity contribution >= 4 is 28.9 Å². The molecule has 0 spiro atoms. The lowest BCUT2D eigenvalue weighted by Gasteiger charge is -2.38. The molecule has 4 nitrogen and oxygen atoms in total. The van der Waals surface area contributed by atoms with E-state index >= 15 is 0 Å². The van der Waals surface area contributed by atoms with E-state index in [9.17, 15) is 0 Å². The SMILES string of the molecule is CN=C(NCCc1cccs1)NCC1(c2cccc(Cl)c2)CCOCC1. The molecule has 0 amide bonds. The van der Waals surface area contributed by atoms with E-state index in [-0.39, 0.29) is 5.41 Å². The van der Waals surface area contributed by atoms with Crippen molar-refractivity contribution in [3.63, 3.8) is 0 Å². The highest BCUT2D eigenvalue weighted by atomic mass is 35.5. The van der Waals surface area contributed by atoms with E-state index in [0.717, 1.165) is 56.5 Å². The minimum absolute atomic E-state index is 0.0223. The molecule has 3 rings (SSSR count). The molecule has 26 heavy (non-hydrogen) atoms. The highest BCUT2D eigenvalue weighted by Gasteiger charge is 2.34. The largest absolute Gasteiger partial charge is 0.381 e. The van der Waals surface area contributed by atoms with Crippen molar-refractivity contribution in [1.29, 1.82) is 0 Å². The number of thiophene rings is 1. The predicted octanol–water partition coefficient (Wildman–Crippen LogP) is 3.86. The minimum atomic E-state index is 0.0223. The van der Waals surface area contributed by atoms with Crippen LogP contribution in [0.5, 0.6) is 0 Å². The zero-order valence-corrected chi connectivity index (χ0v) is 16.7. The van der Waals surface area contributed by atoms with Gasteiger partial charge in [0.25, 0.3) is 0 Å². The number of rotatable bonds is 6. The molecule has 1 aromatic carbocycles. The first-order valence-corrected chi connectivity index (χ1v) is 10.3. The Morgan fingerprint density at radius 1 is 1.23 bits per heavy atom. The zero-order chi connectivity index (χ0) is 18.2. The van der Waals surface area contributed by atoms with Gasteiger partial charge in [0.15, 0.2) is 5.96 Å². The summed E-state index contributed by atoms with van der Waals surface area (Å²) in [5.74, 6) is 0.842. The first-order valence-electron chi connectivity index (χ1n) is 9.03. The third-order valence-electron chi connectivity index (χ3n) is 4.95. The number of benzene rings is 1. The summed E-state index contributed by atoms with van der Waals surface area (Å²) < 4.78 is 5.61. The van der Waals surface area contributed by atoms with E-state index in [2.05, 4.69) is 45.3 Å². The average Bonchev–Trinajstić information content (AvgIpc) is 3.19. The second-order valence-corrected chi connectivity index (χ2v) is 8.05. The number of halogens is 1. The number of hydrogen-bond acceptors (Lipinski definition) is 3. The standard InChI is InChI=1S/C20H26ClN3OS/c1-22-19(23-10-7-18-6-3-13-26-18)24-15-20(8-11-25-12-9-20)16-4-2-5-17(21)14-16/h2-6,13-14H,7-12,15H2,1H3,(H2,22,23,24). The molecule has 2 aromatic rings. The molecule has 2 N–H and O–H groups in total. The average molecular weight is 392 g/mol. The predicted molar refractivity (Wildman–Crippen MR) is 111 cm³/mol. The molecule has 2 heterocycles. The molecule has 0 aliphatic carbocycles. The Balaban J connectivity index is 1.61. The Hall–Kier alpha value is -1.56. The zero-order valence-electron chi connectivity index (χ0n) is 15.1. The summed E-state index contributed by atoms with van der Waals surface area (Å²) in [6.45, 7) is 3.24. The van der Waals surface area contributed by atoms with E-state index in [4.69, 9.17) is 16.3 Å². The lowest BCUT2D eigenvalue weighted by molar-refractivity contribution is 0.0514. The smallest absolute Gasteiger partial charge is 0.191 e. The molecular weight excluding hydrogens is 366 g/mol. The Morgan fingerprint density at radius 2 is 2.08 bits per heavy atom. The van der Waals surface area contributed by atoms with Crippen LogP contribution in [0.3, 0.4) is 0 Å². The van der Waals surface area contributed by atoms with Crippen molar-refractivity contribution in [3.05, 3.63) is 57.2 Å². The third-order valence-corrected chi connectivity index (χ3v) is 6.12. The van der Waals surface area contributed by atoms with Crippen LogP contribution in [0.25, 0.3) is 0 Å². The lowest BCUT2D eigenvalue weighted by Crippen LogP contribution is -2.48. The van der Waals surface area contributed by atoms with E-state index in [1.807, 2.05) is 19.2 Å². The fourth-order valence-corrected chi connectivity index (χ4v) is 4.28. The topological polar surface area (TPSA) is 45.7 Å². The molecule has 1 aliphatic rings. The molecule has 0 bridgehead atoms. The van der Waals surface area contributed by atoms with Crippen molar-refractivity contribution < 1.29 is 4.74 Å². The number of hydrogen-bond donors (Lipinski definition) is 2. The van der Waals surface area contributed by atoms with Crippen molar-refractivity contribution in [2.45, 2.75) is 24.7 Å². The maximum Gasteiger partial charge on any atom is 0.191 e. The van der Waals surface area contributed by atoms with Crippen molar-refractivity contribution in [3.8, 4) is 0 Å². The number of nitrogens with one attached hydrogen (secondary N) is 2. The fourth-order valence-electron chi connectivity index (χ4n) is 3.38. The van der Waals surface area contributed by atoms with Gasteiger partial charge in [-0.2, -0.15) is 0 Å². The number of nitrogens with zero attached hydrogens (tertiary/aromatic N) is 1. The Bertz CT molecular complexity index is 712. The van der Waals surface area contributed by atoms with Crippen LogP contribution in [0, 0.1) is 0 Å². The van der Waals surface area contributed by atoms with Crippen LogP contribution in [0.4, 0.5) is 0 Å². The van der Waals surface area contributed by atoms with Crippen LogP contribution < -0.4 is 10.6 Å². The normalized spacial score (nSPS) is 17.1. The third kappa shape index (κ3) is 5.00. The number of aliphatic imine (C=N–C) groups is 1. The van der Waals surface area contributed by atoms with Gasteiger partial charge in [-0.05, 0) is 48.4 Å². The second-order valence-electron chi connectivity index (χ2n) is 6.58. The lowest BCUT2D eigenvalue weighted by atomic mass is 9.74. The van der Waals surface area contributed by atoms with E-state index in [1.54, 1.807) is 11.3 Å². The Labute approximate surface area is 164 Å². The maximum atomic E-state index is 6.25. The fraction of sp³-hybridized carbons (Fsp3) is 0.450. The van der Waals surface area contributed by atoms with Gasteiger partial charge in [-0.3, -0.25) is 4.99 Å². The molecular formula is C20H26ClN3OS. The summed E-state index contributed by atoms with van der Waals surface area (Å²) in [7, 11) is 1.82. The molecule has 140 valence electrons. The monoisotopic (exact) mass is 391 g/mol. The second kappa shape index (κ2) is 9.40. The molecule has 0 radical (unpaired) electrons.